The molecular formula is C16H22N2O5. The van der Waals surface area contributed by atoms with Crippen molar-refractivity contribution < 1.29 is 24.2 Å². The van der Waals surface area contributed by atoms with Crippen molar-refractivity contribution in [3.63, 3.8) is 0 Å². The van der Waals surface area contributed by atoms with Crippen LogP contribution in [0.2, 0.25) is 0 Å². The van der Waals surface area contributed by atoms with Crippen molar-refractivity contribution in [2.24, 2.45) is 5.92 Å². The Morgan fingerprint density at radius 1 is 1.17 bits per heavy atom. The normalized spacial score (nSPS) is 11.6. The molecule has 0 spiro atoms. The van der Waals surface area contributed by atoms with Gasteiger partial charge in [-0.05, 0) is 17.9 Å². The first kappa shape index (κ1) is 18.5. The Labute approximate surface area is 135 Å². The molecule has 0 saturated heterocycles. The van der Waals surface area contributed by atoms with Gasteiger partial charge in [0.2, 0.25) is 5.91 Å². The van der Waals surface area contributed by atoms with E-state index in [2.05, 4.69) is 10.6 Å². The molecule has 0 aliphatic heterocycles. The molecule has 7 nitrogen and oxygen atoms in total. The average Bonchev–Trinajstić information content (AvgIpc) is 2.50. The number of rotatable bonds is 8. The third-order valence-electron chi connectivity index (χ3n) is 2.94. The van der Waals surface area contributed by atoms with Crippen LogP contribution in [0.3, 0.4) is 0 Å². The lowest BCUT2D eigenvalue weighted by Crippen LogP contribution is -2.48. The van der Waals surface area contributed by atoms with Crippen molar-refractivity contribution in [2.75, 3.05) is 6.54 Å². The molecule has 126 valence electrons. The zero-order chi connectivity index (χ0) is 17.2. The lowest BCUT2D eigenvalue weighted by Gasteiger charge is -2.19. The first-order valence-electron chi connectivity index (χ1n) is 7.35. The van der Waals surface area contributed by atoms with Gasteiger partial charge < -0.3 is 20.5 Å². The van der Waals surface area contributed by atoms with Gasteiger partial charge in [-0.25, -0.2) is 4.79 Å². The predicted octanol–water partition coefficient (Wildman–Crippen LogP) is 1.53. The van der Waals surface area contributed by atoms with E-state index in [0.29, 0.717) is 6.42 Å². The Bertz CT molecular complexity index is 531. The van der Waals surface area contributed by atoms with Crippen LogP contribution in [0.25, 0.3) is 0 Å². The maximum Gasteiger partial charge on any atom is 0.408 e. The second-order valence-electron chi connectivity index (χ2n) is 5.50. The molecule has 7 heteroatoms. The molecule has 0 fully saturated rings. The average molecular weight is 322 g/mol. The van der Waals surface area contributed by atoms with Crippen molar-refractivity contribution in [2.45, 2.75) is 32.9 Å². The lowest BCUT2D eigenvalue weighted by atomic mass is 10.0. The third kappa shape index (κ3) is 7.85. The Hall–Kier alpha value is -2.57. The molecule has 1 aromatic rings. The van der Waals surface area contributed by atoms with Crippen LogP contribution >= 0.6 is 0 Å². The van der Waals surface area contributed by atoms with Crippen molar-refractivity contribution in [1.29, 1.82) is 0 Å². The van der Waals surface area contributed by atoms with E-state index in [4.69, 9.17) is 9.84 Å². The molecule has 0 aliphatic carbocycles. The Morgan fingerprint density at radius 3 is 2.39 bits per heavy atom. The van der Waals surface area contributed by atoms with Crippen LogP contribution in [0.4, 0.5) is 4.79 Å². The highest BCUT2D eigenvalue weighted by atomic mass is 16.5. The molecule has 0 saturated carbocycles. The van der Waals surface area contributed by atoms with Gasteiger partial charge in [0.05, 0.1) is 0 Å². The summed E-state index contributed by atoms with van der Waals surface area (Å²) in [6.07, 6.45) is -0.337. The fourth-order valence-electron chi connectivity index (χ4n) is 1.90. The summed E-state index contributed by atoms with van der Waals surface area (Å²) in [5, 5.41) is 13.3. The number of carboxylic acid groups (broad SMARTS) is 1. The quantitative estimate of drug-likeness (QED) is 0.673. The van der Waals surface area contributed by atoms with Crippen LogP contribution in [0.1, 0.15) is 25.8 Å². The summed E-state index contributed by atoms with van der Waals surface area (Å²) >= 11 is 0. The largest absolute Gasteiger partial charge is 0.480 e. The van der Waals surface area contributed by atoms with Gasteiger partial charge in [0.25, 0.3) is 0 Å². The molecule has 2 amide bonds. The summed E-state index contributed by atoms with van der Waals surface area (Å²) in [7, 11) is 0. The Kier molecular flexibility index (Phi) is 7.59. The third-order valence-corrected chi connectivity index (χ3v) is 2.94. The van der Waals surface area contributed by atoms with Gasteiger partial charge in [-0.3, -0.25) is 9.59 Å². The second kappa shape index (κ2) is 9.45. The molecule has 3 N–H and O–H groups in total. The number of benzene rings is 1. The van der Waals surface area contributed by atoms with Crippen LogP contribution in [-0.2, 0) is 20.9 Å². The number of amides is 2. The molecule has 0 aliphatic rings. The highest BCUT2D eigenvalue weighted by molar-refractivity contribution is 5.87. The molecule has 0 radical (unpaired) electrons. The summed E-state index contributed by atoms with van der Waals surface area (Å²) in [4.78, 5) is 34.3. The number of ether oxygens (including phenoxy) is 1. The number of carboxylic acids is 1. The van der Waals surface area contributed by atoms with Crippen molar-refractivity contribution in [3.05, 3.63) is 35.9 Å². The smallest absolute Gasteiger partial charge is 0.408 e. The maximum absolute atomic E-state index is 11.9. The Morgan fingerprint density at radius 2 is 1.83 bits per heavy atom. The molecule has 1 rings (SSSR count). The number of nitrogens with one attached hydrogen (secondary N) is 2. The van der Waals surface area contributed by atoms with Gasteiger partial charge in [-0.1, -0.05) is 44.2 Å². The zero-order valence-corrected chi connectivity index (χ0v) is 13.2. The number of hydrogen-bond acceptors (Lipinski definition) is 4. The monoisotopic (exact) mass is 322 g/mol. The molecule has 23 heavy (non-hydrogen) atoms. The molecule has 0 heterocycles. The highest BCUT2D eigenvalue weighted by Gasteiger charge is 2.22. The minimum absolute atomic E-state index is 0.0951. The molecule has 0 unspecified atom stereocenters. The van der Waals surface area contributed by atoms with E-state index in [-0.39, 0.29) is 12.5 Å². The van der Waals surface area contributed by atoms with Crippen LogP contribution in [0, 0.1) is 5.92 Å². The molecule has 1 atom stereocenters. The minimum Gasteiger partial charge on any atom is -0.480 e. The van der Waals surface area contributed by atoms with E-state index >= 15 is 0 Å². The van der Waals surface area contributed by atoms with Crippen molar-refractivity contribution in [3.8, 4) is 0 Å². The van der Waals surface area contributed by atoms with E-state index in [1.807, 2.05) is 44.2 Å². The predicted molar refractivity (Wildman–Crippen MR) is 83.7 cm³/mol. The second-order valence-corrected chi connectivity index (χ2v) is 5.50. The fraction of sp³-hybridized carbons (Fsp3) is 0.438. The van der Waals surface area contributed by atoms with Gasteiger partial charge in [0, 0.05) is 0 Å². The van der Waals surface area contributed by atoms with Crippen LogP contribution in [0.5, 0.6) is 0 Å². The van der Waals surface area contributed by atoms with E-state index in [1.54, 1.807) is 0 Å². The maximum atomic E-state index is 11.9. The van der Waals surface area contributed by atoms with Crippen LogP contribution < -0.4 is 10.6 Å². The van der Waals surface area contributed by atoms with Crippen LogP contribution in [0.15, 0.2) is 30.3 Å². The van der Waals surface area contributed by atoms with Gasteiger partial charge in [-0.15, -0.1) is 0 Å². The summed E-state index contributed by atoms with van der Waals surface area (Å²) in [6.45, 7) is 3.40. The molecule has 0 aromatic heterocycles. The summed E-state index contributed by atoms with van der Waals surface area (Å²) in [5.74, 6) is -1.55. The van der Waals surface area contributed by atoms with Crippen molar-refractivity contribution >= 4 is 18.0 Å². The molecule has 1 aromatic carbocycles. The highest BCUT2D eigenvalue weighted by Crippen LogP contribution is 2.06. The van der Waals surface area contributed by atoms with E-state index in [1.165, 1.54) is 0 Å². The van der Waals surface area contributed by atoms with Gasteiger partial charge >= 0.3 is 12.1 Å². The number of hydrogen-bond donors (Lipinski definition) is 3. The number of carbonyl (C=O) groups excluding carboxylic acids is 2. The topological polar surface area (TPSA) is 105 Å². The number of aliphatic carboxylic acids is 1. The van der Waals surface area contributed by atoms with Gasteiger partial charge in [-0.2, -0.15) is 0 Å². The Balaban J connectivity index is 2.52. The molecular weight excluding hydrogens is 300 g/mol. The van der Waals surface area contributed by atoms with Gasteiger partial charge in [0.1, 0.15) is 19.2 Å². The first-order valence-corrected chi connectivity index (χ1v) is 7.35. The standard InChI is InChI=1S/C16H22N2O5/c1-11(2)8-13(15(21)17-9-14(19)20)18-16(22)23-10-12-6-4-3-5-7-12/h3-7,11,13H,8-10H2,1-2H3,(H,17,21)(H,18,22)(H,19,20)/t13-/m0/s1. The first-order chi connectivity index (χ1) is 10.9. The number of alkyl carbamates (subject to hydrolysis) is 1. The lowest BCUT2D eigenvalue weighted by molar-refractivity contribution is -0.138. The van der Waals surface area contributed by atoms with Gasteiger partial charge in [0.15, 0.2) is 0 Å². The molecule has 0 bridgehead atoms. The van der Waals surface area contributed by atoms with E-state index in [9.17, 15) is 14.4 Å². The zero-order valence-electron chi connectivity index (χ0n) is 13.2. The van der Waals surface area contributed by atoms with Crippen molar-refractivity contribution in [1.82, 2.24) is 10.6 Å². The van der Waals surface area contributed by atoms with E-state index in [0.717, 1.165) is 5.56 Å². The summed E-state index contributed by atoms with van der Waals surface area (Å²) in [6, 6.07) is 8.32. The summed E-state index contributed by atoms with van der Waals surface area (Å²) < 4.78 is 5.07. The summed E-state index contributed by atoms with van der Waals surface area (Å²) in [5.41, 5.74) is 0.832. The number of carbonyl (C=O) groups is 3. The van der Waals surface area contributed by atoms with Crippen LogP contribution in [-0.4, -0.2) is 35.7 Å². The SMILES string of the molecule is CC(C)C[C@H](NC(=O)OCc1ccccc1)C(=O)NCC(=O)O. The van der Waals surface area contributed by atoms with E-state index < -0.39 is 30.6 Å². The minimum atomic E-state index is -1.15. The fourth-order valence-corrected chi connectivity index (χ4v) is 1.90.